The van der Waals surface area contributed by atoms with Crippen LogP contribution in [-0.4, -0.2) is 53.7 Å². The highest BCUT2D eigenvalue weighted by Gasteiger charge is 2.48. The molecule has 5 nitrogen and oxygen atoms in total. The number of benzene rings is 1. The molecule has 2 fully saturated rings. The second kappa shape index (κ2) is 7.09. The number of amidine groups is 1. The summed E-state index contributed by atoms with van der Waals surface area (Å²) in [5.41, 5.74) is 0.111. The van der Waals surface area contributed by atoms with Gasteiger partial charge < -0.3 is 4.90 Å². The number of aliphatic imine (C=N–C) groups is 1. The number of carbonyl (C=O) groups is 1. The van der Waals surface area contributed by atoms with E-state index >= 15 is 0 Å². The molecular weight excluding hydrogens is 387 g/mol. The van der Waals surface area contributed by atoms with E-state index in [-0.39, 0.29) is 39.8 Å². The molecule has 1 aromatic rings. The van der Waals surface area contributed by atoms with Crippen molar-refractivity contribution >= 4 is 44.3 Å². The second-order valence-corrected chi connectivity index (χ2v) is 9.67. The third-order valence-electron chi connectivity index (χ3n) is 4.11. The molecule has 2 heterocycles. The fourth-order valence-electron chi connectivity index (χ4n) is 2.99. The summed E-state index contributed by atoms with van der Waals surface area (Å²) >= 11 is 7.22. The van der Waals surface area contributed by atoms with Crippen molar-refractivity contribution in [1.82, 2.24) is 4.90 Å². The summed E-state index contributed by atoms with van der Waals surface area (Å²) in [6, 6.07) is 4.02. The summed E-state index contributed by atoms with van der Waals surface area (Å²) in [6.07, 6.45) is 1.40. The van der Waals surface area contributed by atoms with Gasteiger partial charge in [0.25, 0.3) is 5.91 Å². The SMILES string of the molecule is C=CCN1C(=NC(=O)Cc2c(F)cccc2Cl)SC2CS(=O)(=O)CC21. The zero-order valence-electron chi connectivity index (χ0n) is 13.2. The van der Waals surface area contributed by atoms with Crippen LogP contribution in [0.2, 0.25) is 5.02 Å². The summed E-state index contributed by atoms with van der Waals surface area (Å²) in [5.74, 6) is -0.954. The Kier molecular flexibility index (Phi) is 5.22. The van der Waals surface area contributed by atoms with E-state index in [9.17, 15) is 17.6 Å². The van der Waals surface area contributed by atoms with Gasteiger partial charge in [-0.05, 0) is 12.1 Å². The fraction of sp³-hybridized carbons (Fsp3) is 0.375. The molecule has 1 amide bonds. The molecule has 0 N–H and O–H groups in total. The maximum atomic E-state index is 13.8. The average molecular weight is 403 g/mol. The lowest BCUT2D eigenvalue weighted by molar-refractivity contribution is -0.117. The summed E-state index contributed by atoms with van der Waals surface area (Å²) in [7, 11) is -3.07. The van der Waals surface area contributed by atoms with Gasteiger partial charge >= 0.3 is 0 Å². The average Bonchev–Trinajstić information content (AvgIpc) is 2.96. The highest BCUT2D eigenvalue weighted by Crippen LogP contribution is 2.38. The molecule has 2 aliphatic rings. The molecule has 25 heavy (non-hydrogen) atoms. The van der Waals surface area contributed by atoms with E-state index in [1.54, 1.807) is 11.0 Å². The molecule has 0 aliphatic carbocycles. The van der Waals surface area contributed by atoms with Gasteiger partial charge in [0.2, 0.25) is 0 Å². The lowest BCUT2D eigenvalue weighted by Crippen LogP contribution is -2.37. The van der Waals surface area contributed by atoms with Gasteiger partial charge in [-0.15, -0.1) is 6.58 Å². The Morgan fingerprint density at radius 1 is 1.48 bits per heavy atom. The van der Waals surface area contributed by atoms with Crippen LogP contribution in [0.5, 0.6) is 0 Å². The first-order valence-corrected chi connectivity index (χ1v) is 10.7. The van der Waals surface area contributed by atoms with Crippen molar-refractivity contribution in [2.75, 3.05) is 18.1 Å². The minimum Gasteiger partial charge on any atom is -0.342 e. The Labute approximate surface area is 154 Å². The van der Waals surface area contributed by atoms with Crippen molar-refractivity contribution in [3.8, 4) is 0 Å². The molecule has 1 aromatic carbocycles. The molecule has 0 bridgehead atoms. The number of amides is 1. The summed E-state index contributed by atoms with van der Waals surface area (Å²) in [4.78, 5) is 18.1. The van der Waals surface area contributed by atoms with Crippen molar-refractivity contribution in [3.05, 3.63) is 47.3 Å². The number of sulfone groups is 1. The lowest BCUT2D eigenvalue weighted by atomic mass is 10.1. The quantitative estimate of drug-likeness (QED) is 0.723. The van der Waals surface area contributed by atoms with Crippen molar-refractivity contribution in [2.24, 2.45) is 4.99 Å². The summed E-state index contributed by atoms with van der Waals surface area (Å²) in [6.45, 7) is 4.07. The van der Waals surface area contributed by atoms with Crippen LogP contribution in [-0.2, 0) is 21.1 Å². The third kappa shape index (κ3) is 3.91. The van der Waals surface area contributed by atoms with Gasteiger partial charge in [-0.2, -0.15) is 4.99 Å². The van der Waals surface area contributed by atoms with Gasteiger partial charge in [-0.1, -0.05) is 35.5 Å². The highest BCUT2D eigenvalue weighted by molar-refractivity contribution is 8.15. The Balaban J connectivity index is 1.80. The van der Waals surface area contributed by atoms with Crippen LogP contribution >= 0.6 is 23.4 Å². The van der Waals surface area contributed by atoms with E-state index in [0.717, 1.165) is 0 Å². The first kappa shape index (κ1) is 18.4. The Hall–Kier alpha value is -1.38. The molecule has 2 saturated heterocycles. The van der Waals surface area contributed by atoms with Gasteiger partial charge in [0.05, 0.1) is 24.0 Å². The number of thioether (sulfide) groups is 1. The maximum Gasteiger partial charge on any atom is 0.252 e. The molecule has 9 heteroatoms. The smallest absolute Gasteiger partial charge is 0.252 e. The minimum absolute atomic E-state index is 0.0465. The second-order valence-electron chi connectivity index (χ2n) is 5.91. The molecule has 0 radical (unpaired) electrons. The third-order valence-corrected chi connectivity index (χ3v) is 7.71. The summed E-state index contributed by atoms with van der Waals surface area (Å²) < 4.78 is 37.4. The molecule has 0 saturated carbocycles. The Bertz CT molecular complexity index is 837. The van der Waals surface area contributed by atoms with E-state index in [1.807, 2.05) is 0 Å². The van der Waals surface area contributed by atoms with Crippen LogP contribution < -0.4 is 0 Å². The number of halogens is 2. The molecule has 0 aromatic heterocycles. The first-order valence-electron chi connectivity index (χ1n) is 7.60. The number of hydrogen-bond acceptors (Lipinski definition) is 4. The molecule has 2 unspecified atom stereocenters. The summed E-state index contributed by atoms with van der Waals surface area (Å²) in [5, 5.41) is 0.495. The van der Waals surface area contributed by atoms with Gasteiger partial charge in [0.1, 0.15) is 5.82 Å². The topological polar surface area (TPSA) is 66.8 Å². The zero-order chi connectivity index (χ0) is 18.2. The monoisotopic (exact) mass is 402 g/mol. The van der Waals surface area contributed by atoms with Crippen LogP contribution in [0.4, 0.5) is 4.39 Å². The first-order chi connectivity index (χ1) is 11.8. The largest absolute Gasteiger partial charge is 0.342 e. The van der Waals surface area contributed by atoms with Crippen molar-refractivity contribution in [3.63, 3.8) is 0 Å². The molecule has 134 valence electrons. The number of carbonyl (C=O) groups excluding carboxylic acids is 1. The predicted octanol–water partition coefficient (Wildman–Crippen LogP) is 2.30. The van der Waals surface area contributed by atoms with E-state index < -0.39 is 21.6 Å². The van der Waals surface area contributed by atoms with E-state index in [0.29, 0.717) is 11.7 Å². The molecule has 2 atom stereocenters. The van der Waals surface area contributed by atoms with Crippen molar-refractivity contribution in [2.45, 2.75) is 17.7 Å². The van der Waals surface area contributed by atoms with Crippen LogP contribution in [0.15, 0.2) is 35.8 Å². The molecule has 0 spiro atoms. The number of rotatable bonds is 4. The normalized spacial score (nSPS) is 26.0. The molecule has 3 rings (SSSR count). The standard InChI is InChI=1S/C16H16ClFN2O3S2/c1-2-6-20-13-8-25(22,23)9-14(13)24-16(20)19-15(21)7-10-11(17)4-3-5-12(10)18/h2-5,13-14H,1,6-9H2. The Morgan fingerprint density at radius 3 is 2.92 bits per heavy atom. The number of hydrogen-bond donors (Lipinski definition) is 0. The Morgan fingerprint density at radius 2 is 2.24 bits per heavy atom. The zero-order valence-corrected chi connectivity index (χ0v) is 15.6. The van der Waals surface area contributed by atoms with Gasteiger partial charge in [0.15, 0.2) is 15.0 Å². The predicted molar refractivity (Wildman–Crippen MR) is 98.3 cm³/mol. The van der Waals surface area contributed by atoms with E-state index in [2.05, 4.69) is 11.6 Å². The number of fused-ring (bicyclic) bond motifs is 1. The lowest BCUT2D eigenvalue weighted by Gasteiger charge is -2.22. The molecular formula is C16H16ClFN2O3S2. The van der Waals surface area contributed by atoms with Gasteiger partial charge in [-0.3, -0.25) is 4.79 Å². The van der Waals surface area contributed by atoms with Crippen molar-refractivity contribution < 1.29 is 17.6 Å². The highest BCUT2D eigenvalue weighted by atomic mass is 35.5. The fourth-order valence-corrected chi connectivity index (χ4v) is 7.19. The van der Waals surface area contributed by atoms with Crippen LogP contribution in [0.3, 0.4) is 0 Å². The molecule has 2 aliphatic heterocycles. The van der Waals surface area contributed by atoms with Crippen LogP contribution in [0.1, 0.15) is 5.56 Å². The van der Waals surface area contributed by atoms with Crippen molar-refractivity contribution in [1.29, 1.82) is 0 Å². The van der Waals surface area contributed by atoms with Crippen LogP contribution in [0.25, 0.3) is 0 Å². The van der Waals surface area contributed by atoms with E-state index in [4.69, 9.17) is 11.6 Å². The number of nitrogens with zero attached hydrogens (tertiary/aromatic N) is 2. The van der Waals surface area contributed by atoms with E-state index in [1.165, 1.54) is 30.0 Å². The van der Waals surface area contributed by atoms with Crippen LogP contribution in [0, 0.1) is 5.82 Å². The maximum absolute atomic E-state index is 13.8. The van der Waals surface area contributed by atoms with Gasteiger partial charge in [-0.25, -0.2) is 12.8 Å². The van der Waals surface area contributed by atoms with Gasteiger partial charge in [0, 0.05) is 22.4 Å². The minimum atomic E-state index is -3.07.